The summed E-state index contributed by atoms with van der Waals surface area (Å²) >= 11 is 0. The van der Waals surface area contributed by atoms with Gasteiger partial charge >= 0.3 is 0 Å². The molecule has 3 atom stereocenters. The van der Waals surface area contributed by atoms with Gasteiger partial charge in [-0.15, -0.1) is 6.58 Å². The molecule has 0 amide bonds. The van der Waals surface area contributed by atoms with E-state index in [2.05, 4.69) is 40.3 Å². The molecule has 72 valence electrons. The van der Waals surface area contributed by atoms with Gasteiger partial charge in [0.1, 0.15) is 0 Å². The van der Waals surface area contributed by atoms with Gasteiger partial charge in [-0.1, -0.05) is 46.6 Å². The molecule has 0 saturated heterocycles. The maximum atomic E-state index is 3.82. The molecule has 0 heterocycles. The van der Waals surface area contributed by atoms with Crippen LogP contribution in [0.15, 0.2) is 12.7 Å². The van der Waals surface area contributed by atoms with Crippen LogP contribution >= 0.6 is 0 Å². The first-order valence-corrected chi connectivity index (χ1v) is 5.28. The maximum Gasteiger partial charge on any atom is -0.0322 e. The van der Waals surface area contributed by atoms with Gasteiger partial charge in [-0.25, -0.2) is 0 Å². The molecule has 0 aliphatic heterocycles. The molecule has 0 bridgehead atoms. The van der Waals surface area contributed by atoms with Crippen LogP contribution in [-0.2, 0) is 0 Å². The summed E-state index contributed by atoms with van der Waals surface area (Å²) < 4.78 is 0. The Morgan fingerprint density at radius 2 is 1.75 bits per heavy atom. The summed E-state index contributed by atoms with van der Waals surface area (Å²) in [6, 6.07) is 0. The molecule has 0 fully saturated rings. The van der Waals surface area contributed by atoms with Gasteiger partial charge in [0.2, 0.25) is 0 Å². The van der Waals surface area contributed by atoms with Crippen molar-refractivity contribution in [3.63, 3.8) is 0 Å². The van der Waals surface area contributed by atoms with E-state index in [9.17, 15) is 0 Å². The molecule has 0 aromatic heterocycles. The molecule has 3 unspecified atom stereocenters. The lowest BCUT2D eigenvalue weighted by Gasteiger charge is -2.26. The average Bonchev–Trinajstić information content (AvgIpc) is 2.11. The van der Waals surface area contributed by atoms with Crippen LogP contribution in [0, 0.1) is 17.8 Å². The molecule has 0 rings (SSSR count). The molecule has 0 saturated carbocycles. The van der Waals surface area contributed by atoms with Crippen molar-refractivity contribution in [1.29, 1.82) is 0 Å². The Morgan fingerprint density at radius 1 is 1.17 bits per heavy atom. The molecule has 0 aromatic rings. The quantitative estimate of drug-likeness (QED) is 0.519. The van der Waals surface area contributed by atoms with Gasteiger partial charge < -0.3 is 0 Å². The Labute approximate surface area is 78.1 Å². The van der Waals surface area contributed by atoms with Crippen molar-refractivity contribution >= 4 is 0 Å². The highest BCUT2D eigenvalue weighted by Gasteiger charge is 2.18. The fraction of sp³-hybridized carbons (Fsp3) is 0.833. The number of hydrogen-bond donors (Lipinski definition) is 0. The van der Waals surface area contributed by atoms with Gasteiger partial charge in [-0.3, -0.25) is 0 Å². The van der Waals surface area contributed by atoms with E-state index < -0.39 is 0 Å². The molecule has 0 aromatic carbocycles. The average molecular weight is 168 g/mol. The van der Waals surface area contributed by atoms with Gasteiger partial charge in [-0.05, 0) is 24.2 Å². The highest BCUT2D eigenvalue weighted by Crippen LogP contribution is 2.28. The van der Waals surface area contributed by atoms with Crippen LogP contribution in [0.5, 0.6) is 0 Å². The topological polar surface area (TPSA) is 0 Å². The molecular weight excluding hydrogens is 144 g/mol. The number of rotatable bonds is 6. The Hall–Kier alpha value is -0.260. The highest BCUT2D eigenvalue weighted by atomic mass is 14.2. The summed E-state index contributed by atoms with van der Waals surface area (Å²) in [6.45, 7) is 13.1. The Balaban J connectivity index is 3.99. The molecule has 12 heavy (non-hydrogen) atoms. The molecule has 0 N–H and O–H groups in total. The van der Waals surface area contributed by atoms with Crippen LogP contribution in [0.3, 0.4) is 0 Å². The first kappa shape index (κ1) is 11.7. The van der Waals surface area contributed by atoms with Gasteiger partial charge in [0, 0.05) is 0 Å². The SMILES string of the molecule is C=CCC(CC)C(C)C(C)CC. The van der Waals surface area contributed by atoms with Crippen molar-refractivity contribution in [1.82, 2.24) is 0 Å². The number of hydrogen-bond acceptors (Lipinski definition) is 0. The highest BCUT2D eigenvalue weighted by molar-refractivity contribution is 4.77. The van der Waals surface area contributed by atoms with Crippen LogP contribution in [0.2, 0.25) is 0 Å². The third kappa shape index (κ3) is 3.42. The monoisotopic (exact) mass is 168 g/mol. The third-order valence-electron chi connectivity index (χ3n) is 3.28. The zero-order valence-corrected chi connectivity index (χ0v) is 9.14. The standard InChI is InChI=1S/C12H24/c1-6-9-12(8-3)11(5)10(4)7-2/h6,10-12H,1,7-9H2,2-5H3. The molecule has 0 radical (unpaired) electrons. The van der Waals surface area contributed by atoms with Crippen molar-refractivity contribution in [3.05, 3.63) is 12.7 Å². The van der Waals surface area contributed by atoms with Crippen molar-refractivity contribution in [2.45, 2.75) is 47.0 Å². The molecule has 0 aliphatic carbocycles. The van der Waals surface area contributed by atoms with Gasteiger partial charge in [0.05, 0.1) is 0 Å². The minimum atomic E-state index is 0.845. The van der Waals surface area contributed by atoms with E-state index in [0.29, 0.717) is 0 Å². The van der Waals surface area contributed by atoms with Crippen molar-refractivity contribution < 1.29 is 0 Å². The smallest absolute Gasteiger partial charge is 0.0322 e. The summed E-state index contributed by atoms with van der Waals surface area (Å²) in [5.41, 5.74) is 0. The van der Waals surface area contributed by atoms with Crippen LogP contribution in [0.4, 0.5) is 0 Å². The Morgan fingerprint density at radius 3 is 2.08 bits per heavy atom. The van der Waals surface area contributed by atoms with Gasteiger partial charge in [0.25, 0.3) is 0 Å². The second-order valence-electron chi connectivity index (χ2n) is 3.94. The second-order valence-corrected chi connectivity index (χ2v) is 3.94. The van der Waals surface area contributed by atoms with E-state index >= 15 is 0 Å². The first-order valence-electron chi connectivity index (χ1n) is 5.28. The lowest BCUT2D eigenvalue weighted by molar-refractivity contribution is 0.250. The van der Waals surface area contributed by atoms with Crippen LogP contribution in [-0.4, -0.2) is 0 Å². The van der Waals surface area contributed by atoms with Gasteiger partial charge in [-0.2, -0.15) is 0 Å². The van der Waals surface area contributed by atoms with E-state index in [4.69, 9.17) is 0 Å². The summed E-state index contributed by atoms with van der Waals surface area (Å²) in [5, 5.41) is 0. The Kier molecular flexibility index (Phi) is 6.14. The van der Waals surface area contributed by atoms with Crippen LogP contribution in [0.1, 0.15) is 47.0 Å². The predicted octanol–water partition coefficient (Wildman–Crippen LogP) is 4.27. The first-order chi connectivity index (χ1) is 5.67. The van der Waals surface area contributed by atoms with Gasteiger partial charge in [0.15, 0.2) is 0 Å². The largest absolute Gasteiger partial charge is 0.103 e. The van der Waals surface area contributed by atoms with Crippen molar-refractivity contribution in [2.75, 3.05) is 0 Å². The minimum Gasteiger partial charge on any atom is -0.103 e. The maximum absolute atomic E-state index is 3.82. The van der Waals surface area contributed by atoms with Crippen LogP contribution < -0.4 is 0 Å². The van der Waals surface area contributed by atoms with E-state index in [1.165, 1.54) is 19.3 Å². The summed E-state index contributed by atoms with van der Waals surface area (Å²) in [7, 11) is 0. The van der Waals surface area contributed by atoms with E-state index in [-0.39, 0.29) is 0 Å². The minimum absolute atomic E-state index is 0.845. The molecule has 0 spiro atoms. The van der Waals surface area contributed by atoms with Crippen molar-refractivity contribution in [2.24, 2.45) is 17.8 Å². The molecular formula is C12H24. The van der Waals surface area contributed by atoms with E-state index in [1.807, 2.05) is 0 Å². The summed E-state index contributed by atoms with van der Waals surface area (Å²) in [5.74, 6) is 2.55. The van der Waals surface area contributed by atoms with Crippen molar-refractivity contribution in [3.8, 4) is 0 Å². The second kappa shape index (κ2) is 6.28. The Bertz CT molecular complexity index is 115. The lowest BCUT2D eigenvalue weighted by Crippen LogP contribution is -2.17. The summed E-state index contributed by atoms with van der Waals surface area (Å²) in [6.07, 6.45) is 5.83. The number of allylic oxidation sites excluding steroid dienone is 1. The van der Waals surface area contributed by atoms with Crippen LogP contribution in [0.25, 0.3) is 0 Å². The summed E-state index contributed by atoms with van der Waals surface area (Å²) in [4.78, 5) is 0. The van der Waals surface area contributed by atoms with E-state index in [1.54, 1.807) is 0 Å². The molecule has 0 aliphatic rings. The predicted molar refractivity (Wildman–Crippen MR) is 57.2 cm³/mol. The normalized spacial score (nSPS) is 18.3. The lowest BCUT2D eigenvalue weighted by atomic mass is 9.79. The third-order valence-corrected chi connectivity index (χ3v) is 3.28. The zero-order chi connectivity index (χ0) is 9.56. The van der Waals surface area contributed by atoms with E-state index in [0.717, 1.165) is 17.8 Å². The fourth-order valence-corrected chi connectivity index (χ4v) is 1.80. The molecule has 0 nitrogen and oxygen atoms in total. The fourth-order valence-electron chi connectivity index (χ4n) is 1.80. The molecule has 0 heteroatoms. The zero-order valence-electron chi connectivity index (χ0n) is 9.14.